The predicted molar refractivity (Wildman–Crippen MR) is 76.6 cm³/mol. The van der Waals surface area contributed by atoms with Gasteiger partial charge in [-0.05, 0) is 25.0 Å². The van der Waals surface area contributed by atoms with Gasteiger partial charge in [-0.25, -0.2) is 0 Å². The normalized spacial score (nSPS) is 19.6. The van der Waals surface area contributed by atoms with Crippen molar-refractivity contribution in [2.75, 3.05) is 11.9 Å². The number of benzene rings is 1. The molecule has 2 rings (SSSR count). The Bertz CT molecular complexity index is 505. The van der Waals surface area contributed by atoms with Gasteiger partial charge in [-0.1, -0.05) is 25.1 Å². The molecule has 5 heteroatoms. The van der Waals surface area contributed by atoms with Crippen LogP contribution in [0, 0.1) is 5.41 Å². The van der Waals surface area contributed by atoms with Crippen LogP contribution in [0.3, 0.4) is 0 Å². The summed E-state index contributed by atoms with van der Waals surface area (Å²) in [7, 11) is 0. The molecule has 0 radical (unpaired) electrons. The maximum atomic E-state index is 12.1. The van der Waals surface area contributed by atoms with Crippen LogP contribution < -0.4 is 10.6 Å². The van der Waals surface area contributed by atoms with Crippen molar-refractivity contribution in [3.05, 3.63) is 29.8 Å². The minimum absolute atomic E-state index is 0.145. The maximum Gasteiger partial charge on any atom is 0.311 e. The molecule has 1 amide bonds. The minimum atomic E-state index is -0.916. The van der Waals surface area contributed by atoms with E-state index in [9.17, 15) is 14.7 Å². The summed E-state index contributed by atoms with van der Waals surface area (Å²) in [6.45, 7) is 3.60. The van der Waals surface area contributed by atoms with Crippen LogP contribution in [-0.4, -0.2) is 29.6 Å². The molecule has 0 spiro atoms. The zero-order chi connectivity index (χ0) is 14.8. The number of hydrogen-bond acceptors (Lipinski definition) is 3. The fourth-order valence-electron chi connectivity index (χ4n) is 2.21. The zero-order valence-corrected chi connectivity index (χ0v) is 11.8. The molecule has 3 N–H and O–H groups in total. The highest BCUT2D eigenvalue weighted by atomic mass is 16.4. The summed E-state index contributed by atoms with van der Waals surface area (Å²) in [4.78, 5) is 23.3. The largest absolute Gasteiger partial charge is 0.481 e. The van der Waals surface area contributed by atoms with Gasteiger partial charge in [-0.2, -0.15) is 0 Å². The van der Waals surface area contributed by atoms with Crippen LogP contribution in [-0.2, 0) is 16.0 Å². The summed E-state index contributed by atoms with van der Waals surface area (Å²) in [6.07, 6.45) is 1.11. The SMILES string of the molecule is CCC(C)(CNC(=O)[C@@H]1Cc2ccccc2N1)C(=O)O. The lowest BCUT2D eigenvalue weighted by atomic mass is 9.87. The monoisotopic (exact) mass is 276 g/mol. The smallest absolute Gasteiger partial charge is 0.311 e. The van der Waals surface area contributed by atoms with Crippen LogP contribution in [0.15, 0.2) is 24.3 Å². The van der Waals surface area contributed by atoms with E-state index in [4.69, 9.17) is 0 Å². The van der Waals surface area contributed by atoms with Gasteiger partial charge in [0, 0.05) is 18.7 Å². The molecule has 1 aliphatic rings. The van der Waals surface area contributed by atoms with Crippen molar-refractivity contribution in [2.24, 2.45) is 5.41 Å². The highest BCUT2D eigenvalue weighted by Crippen LogP contribution is 2.25. The molecular weight excluding hydrogens is 256 g/mol. The van der Waals surface area contributed by atoms with E-state index in [1.54, 1.807) is 6.92 Å². The summed E-state index contributed by atoms with van der Waals surface area (Å²) in [6, 6.07) is 7.48. The molecule has 2 atom stereocenters. The van der Waals surface area contributed by atoms with Crippen LogP contribution >= 0.6 is 0 Å². The molecule has 0 bridgehead atoms. The van der Waals surface area contributed by atoms with Gasteiger partial charge < -0.3 is 15.7 Å². The van der Waals surface area contributed by atoms with Crippen molar-refractivity contribution in [3.8, 4) is 0 Å². The Morgan fingerprint density at radius 3 is 2.75 bits per heavy atom. The van der Waals surface area contributed by atoms with E-state index in [-0.39, 0.29) is 18.5 Å². The van der Waals surface area contributed by atoms with Crippen LogP contribution in [0.4, 0.5) is 5.69 Å². The van der Waals surface area contributed by atoms with Crippen LogP contribution in [0.25, 0.3) is 0 Å². The van der Waals surface area contributed by atoms with Gasteiger partial charge in [0.15, 0.2) is 0 Å². The van der Waals surface area contributed by atoms with Gasteiger partial charge in [0.25, 0.3) is 0 Å². The Labute approximate surface area is 118 Å². The topological polar surface area (TPSA) is 78.4 Å². The number of rotatable bonds is 5. The van der Waals surface area contributed by atoms with Gasteiger partial charge in [-0.3, -0.25) is 9.59 Å². The second kappa shape index (κ2) is 5.53. The molecule has 0 saturated heterocycles. The number of carbonyl (C=O) groups is 2. The van der Waals surface area contributed by atoms with Crippen LogP contribution in [0.5, 0.6) is 0 Å². The lowest BCUT2D eigenvalue weighted by Gasteiger charge is -2.24. The zero-order valence-electron chi connectivity index (χ0n) is 11.8. The Hall–Kier alpha value is -2.04. The van der Waals surface area contributed by atoms with E-state index in [0.717, 1.165) is 11.3 Å². The number of anilines is 1. The van der Waals surface area contributed by atoms with Gasteiger partial charge in [0.05, 0.1) is 5.41 Å². The molecule has 1 unspecified atom stereocenters. The molecule has 20 heavy (non-hydrogen) atoms. The summed E-state index contributed by atoms with van der Waals surface area (Å²) in [5.74, 6) is -1.04. The lowest BCUT2D eigenvalue weighted by Crippen LogP contribution is -2.45. The number of carboxylic acid groups (broad SMARTS) is 1. The van der Waals surface area contributed by atoms with Gasteiger partial charge in [-0.15, -0.1) is 0 Å². The average Bonchev–Trinajstić information content (AvgIpc) is 2.88. The van der Waals surface area contributed by atoms with E-state index < -0.39 is 11.4 Å². The average molecular weight is 276 g/mol. The molecule has 5 nitrogen and oxygen atoms in total. The number of nitrogens with one attached hydrogen (secondary N) is 2. The Balaban J connectivity index is 1.93. The number of para-hydroxylation sites is 1. The summed E-state index contributed by atoms with van der Waals surface area (Å²) in [5, 5.41) is 15.1. The molecule has 1 aliphatic heterocycles. The molecule has 0 aliphatic carbocycles. The Morgan fingerprint density at radius 2 is 2.15 bits per heavy atom. The second-order valence-corrected chi connectivity index (χ2v) is 5.50. The molecule has 108 valence electrons. The van der Waals surface area contributed by atoms with Crippen molar-refractivity contribution < 1.29 is 14.7 Å². The number of carboxylic acids is 1. The highest BCUT2D eigenvalue weighted by Gasteiger charge is 2.33. The molecule has 0 fully saturated rings. The van der Waals surface area contributed by atoms with E-state index in [2.05, 4.69) is 10.6 Å². The first kappa shape index (κ1) is 14.4. The third-order valence-electron chi connectivity index (χ3n) is 4.04. The van der Waals surface area contributed by atoms with E-state index >= 15 is 0 Å². The molecular formula is C15H20N2O3. The molecule has 0 saturated carbocycles. The third-order valence-corrected chi connectivity index (χ3v) is 4.04. The Kier molecular flexibility index (Phi) is 3.97. The van der Waals surface area contributed by atoms with Crippen molar-refractivity contribution in [1.82, 2.24) is 5.32 Å². The number of carbonyl (C=O) groups excluding carboxylic acids is 1. The molecule has 1 heterocycles. The molecule has 0 aromatic heterocycles. The standard InChI is InChI=1S/C15H20N2O3/c1-3-15(2,14(19)20)9-16-13(18)12-8-10-6-4-5-7-11(10)17-12/h4-7,12,17H,3,8-9H2,1-2H3,(H,16,18)(H,19,20)/t12-,15?/m0/s1. The minimum Gasteiger partial charge on any atom is -0.481 e. The number of fused-ring (bicyclic) bond motifs is 1. The fourth-order valence-corrected chi connectivity index (χ4v) is 2.21. The van der Waals surface area contributed by atoms with Gasteiger partial charge in [0.2, 0.25) is 5.91 Å². The third kappa shape index (κ3) is 2.76. The summed E-state index contributed by atoms with van der Waals surface area (Å²) in [5.41, 5.74) is 1.18. The van der Waals surface area contributed by atoms with Gasteiger partial charge >= 0.3 is 5.97 Å². The number of aliphatic carboxylic acids is 1. The first-order valence-electron chi connectivity index (χ1n) is 6.82. The van der Waals surface area contributed by atoms with Crippen molar-refractivity contribution in [3.63, 3.8) is 0 Å². The van der Waals surface area contributed by atoms with Crippen molar-refractivity contribution >= 4 is 17.6 Å². The predicted octanol–water partition coefficient (Wildman–Crippen LogP) is 1.64. The Morgan fingerprint density at radius 1 is 1.45 bits per heavy atom. The van der Waals surface area contributed by atoms with Crippen molar-refractivity contribution in [2.45, 2.75) is 32.7 Å². The van der Waals surface area contributed by atoms with Gasteiger partial charge in [0.1, 0.15) is 6.04 Å². The first-order valence-corrected chi connectivity index (χ1v) is 6.82. The molecule has 1 aromatic carbocycles. The first-order chi connectivity index (χ1) is 9.46. The fraction of sp³-hybridized carbons (Fsp3) is 0.467. The number of amides is 1. The number of hydrogen-bond donors (Lipinski definition) is 3. The quantitative estimate of drug-likeness (QED) is 0.764. The van der Waals surface area contributed by atoms with Crippen LogP contribution in [0.2, 0.25) is 0 Å². The summed E-state index contributed by atoms with van der Waals surface area (Å²) < 4.78 is 0. The lowest BCUT2D eigenvalue weighted by molar-refractivity contribution is -0.148. The summed E-state index contributed by atoms with van der Waals surface area (Å²) >= 11 is 0. The highest BCUT2D eigenvalue weighted by molar-refractivity contribution is 5.88. The second-order valence-electron chi connectivity index (χ2n) is 5.50. The maximum absolute atomic E-state index is 12.1. The van der Waals surface area contributed by atoms with E-state index in [0.29, 0.717) is 12.8 Å². The van der Waals surface area contributed by atoms with E-state index in [1.807, 2.05) is 31.2 Å². The van der Waals surface area contributed by atoms with Crippen molar-refractivity contribution in [1.29, 1.82) is 0 Å². The molecule has 1 aromatic rings. The van der Waals surface area contributed by atoms with E-state index in [1.165, 1.54) is 0 Å². The van der Waals surface area contributed by atoms with Crippen LogP contribution in [0.1, 0.15) is 25.8 Å².